The number of nitrogens with zero attached hydrogens (tertiary/aromatic N) is 4. The first-order chi connectivity index (χ1) is 17.5. The van der Waals surface area contributed by atoms with Crippen LogP contribution in [0.25, 0.3) is 11.0 Å². The van der Waals surface area contributed by atoms with Gasteiger partial charge in [-0.2, -0.15) is 0 Å². The largest absolute Gasteiger partial charge is 0.351 e. The molecular weight excluding hydrogens is 457 g/mol. The van der Waals surface area contributed by atoms with Crippen molar-refractivity contribution in [3.05, 3.63) is 89.7 Å². The minimum Gasteiger partial charge on any atom is -0.351 e. The SMILES string of the molecule is Cc1ccccc1[C@@H](C(=O)NC1CCCC1)N(C(=O)Cn1nnc2ccccc21)c1ccccc1F. The van der Waals surface area contributed by atoms with Gasteiger partial charge in [-0.05, 0) is 55.2 Å². The number of nitrogens with one attached hydrogen (secondary N) is 1. The van der Waals surface area contributed by atoms with Crippen molar-refractivity contribution in [2.45, 2.75) is 51.2 Å². The summed E-state index contributed by atoms with van der Waals surface area (Å²) in [6.07, 6.45) is 3.89. The van der Waals surface area contributed by atoms with E-state index in [0.717, 1.165) is 31.2 Å². The Morgan fingerprint density at radius 3 is 2.50 bits per heavy atom. The van der Waals surface area contributed by atoms with Gasteiger partial charge in [0.25, 0.3) is 0 Å². The van der Waals surface area contributed by atoms with E-state index < -0.39 is 17.8 Å². The number of anilines is 1. The van der Waals surface area contributed by atoms with Crippen LogP contribution in [0.3, 0.4) is 0 Å². The molecule has 3 aromatic carbocycles. The second-order valence-corrected chi connectivity index (χ2v) is 9.20. The van der Waals surface area contributed by atoms with Gasteiger partial charge in [0.2, 0.25) is 11.8 Å². The molecule has 0 unspecified atom stereocenters. The zero-order chi connectivity index (χ0) is 25.1. The summed E-state index contributed by atoms with van der Waals surface area (Å²) in [4.78, 5) is 29.1. The fourth-order valence-corrected chi connectivity index (χ4v) is 4.94. The number of rotatable bonds is 7. The van der Waals surface area contributed by atoms with Crippen LogP contribution in [0.15, 0.2) is 72.8 Å². The smallest absolute Gasteiger partial charge is 0.249 e. The van der Waals surface area contributed by atoms with E-state index in [4.69, 9.17) is 0 Å². The molecule has 5 rings (SSSR count). The van der Waals surface area contributed by atoms with Crippen molar-refractivity contribution in [2.75, 3.05) is 4.90 Å². The second kappa shape index (κ2) is 10.3. The lowest BCUT2D eigenvalue weighted by atomic mass is 9.97. The molecular formula is C28H28FN5O2. The monoisotopic (exact) mass is 485 g/mol. The number of fused-ring (bicyclic) bond motifs is 1. The van der Waals surface area contributed by atoms with E-state index in [0.29, 0.717) is 16.6 Å². The van der Waals surface area contributed by atoms with Crippen LogP contribution in [-0.4, -0.2) is 32.9 Å². The number of carbonyl (C=O) groups is 2. The van der Waals surface area contributed by atoms with Crippen molar-refractivity contribution < 1.29 is 14.0 Å². The number of halogens is 1. The Bertz CT molecular complexity index is 1400. The third-order valence-electron chi connectivity index (χ3n) is 6.78. The number of hydrogen-bond donors (Lipinski definition) is 1. The lowest BCUT2D eigenvalue weighted by Gasteiger charge is -2.33. The number of amides is 2. The van der Waals surface area contributed by atoms with Crippen molar-refractivity contribution in [3.63, 3.8) is 0 Å². The Morgan fingerprint density at radius 2 is 1.72 bits per heavy atom. The Balaban J connectivity index is 1.60. The summed E-state index contributed by atoms with van der Waals surface area (Å²) in [5.74, 6) is -1.37. The van der Waals surface area contributed by atoms with E-state index in [1.54, 1.807) is 12.1 Å². The maximum absolute atomic E-state index is 15.2. The first-order valence-corrected chi connectivity index (χ1v) is 12.2. The van der Waals surface area contributed by atoms with Crippen LogP contribution >= 0.6 is 0 Å². The van der Waals surface area contributed by atoms with Gasteiger partial charge >= 0.3 is 0 Å². The molecule has 0 saturated heterocycles. The van der Waals surface area contributed by atoms with Crippen LogP contribution in [0.2, 0.25) is 0 Å². The van der Waals surface area contributed by atoms with Gasteiger partial charge in [-0.1, -0.05) is 66.6 Å². The predicted molar refractivity (Wildman–Crippen MR) is 136 cm³/mol. The summed E-state index contributed by atoms with van der Waals surface area (Å²) in [7, 11) is 0. The van der Waals surface area contributed by atoms with Gasteiger partial charge in [0.1, 0.15) is 23.9 Å². The topological polar surface area (TPSA) is 80.1 Å². The number of aryl methyl sites for hydroxylation is 1. The highest BCUT2D eigenvalue weighted by Crippen LogP contribution is 2.33. The molecule has 1 aliphatic carbocycles. The molecule has 1 fully saturated rings. The van der Waals surface area contributed by atoms with Gasteiger partial charge in [0, 0.05) is 6.04 Å². The van der Waals surface area contributed by atoms with Crippen molar-refractivity contribution in [1.82, 2.24) is 20.3 Å². The third kappa shape index (κ3) is 4.71. The van der Waals surface area contributed by atoms with E-state index in [-0.39, 0.29) is 24.2 Å². The molecule has 0 radical (unpaired) electrons. The van der Waals surface area contributed by atoms with Gasteiger partial charge in [-0.25, -0.2) is 9.07 Å². The normalized spacial score (nSPS) is 14.6. The molecule has 1 aromatic heterocycles. The van der Waals surface area contributed by atoms with Crippen molar-refractivity contribution in [2.24, 2.45) is 0 Å². The zero-order valence-electron chi connectivity index (χ0n) is 20.1. The number of hydrogen-bond acceptors (Lipinski definition) is 4. The first-order valence-electron chi connectivity index (χ1n) is 12.2. The highest BCUT2D eigenvalue weighted by atomic mass is 19.1. The molecule has 1 atom stereocenters. The molecule has 36 heavy (non-hydrogen) atoms. The van der Waals surface area contributed by atoms with Crippen LogP contribution in [0, 0.1) is 12.7 Å². The second-order valence-electron chi connectivity index (χ2n) is 9.20. The molecule has 1 aliphatic rings. The zero-order valence-corrected chi connectivity index (χ0v) is 20.1. The number of carbonyl (C=O) groups excluding carboxylic acids is 2. The summed E-state index contributed by atoms with van der Waals surface area (Å²) in [6, 6.07) is 19.8. The van der Waals surface area contributed by atoms with Crippen LogP contribution in [0.4, 0.5) is 10.1 Å². The molecule has 2 amide bonds. The number of aromatic nitrogens is 3. The van der Waals surface area contributed by atoms with Crippen molar-refractivity contribution in [3.8, 4) is 0 Å². The first kappa shape index (κ1) is 23.7. The van der Waals surface area contributed by atoms with E-state index in [9.17, 15) is 9.59 Å². The summed E-state index contributed by atoms with van der Waals surface area (Å²) >= 11 is 0. The van der Waals surface area contributed by atoms with Crippen LogP contribution in [-0.2, 0) is 16.1 Å². The molecule has 184 valence electrons. The highest BCUT2D eigenvalue weighted by Gasteiger charge is 2.36. The minimum absolute atomic E-state index is 0.0425. The summed E-state index contributed by atoms with van der Waals surface area (Å²) in [5.41, 5.74) is 2.86. The van der Waals surface area contributed by atoms with Crippen molar-refractivity contribution in [1.29, 1.82) is 0 Å². The van der Waals surface area contributed by atoms with Crippen LogP contribution in [0.5, 0.6) is 0 Å². The van der Waals surface area contributed by atoms with E-state index in [1.165, 1.54) is 21.7 Å². The fraction of sp³-hybridized carbons (Fsp3) is 0.286. The standard InChI is InChI=1S/C28H28FN5O2/c1-19-10-2-5-13-21(19)27(28(36)30-20-11-3-4-12-20)34(24-16-8-6-14-22(24)29)26(35)18-33-25-17-9-7-15-23(25)31-32-33/h2,5-10,13-17,20,27H,3-4,11-12,18H2,1H3,(H,30,36)/t27-/m0/s1. The molecule has 1 heterocycles. The third-order valence-corrected chi connectivity index (χ3v) is 6.78. The van der Waals surface area contributed by atoms with E-state index in [2.05, 4.69) is 15.6 Å². The molecule has 8 heteroatoms. The van der Waals surface area contributed by atoms with E-state index >= 15 is 4.39 Å². The number of para-hydroxylation sites is 2. The maximum Gasteiger partial charge on any atom is 0.249 e. The average molecular weight is 486 g/mol. The summed E-state index contributed by atoms with van der Waals surface area (Å²) in [6.45, 7) is 1.69. The Hall–Kier alpha value is -4.07. The molecule has 0 spiro atoms. The molecule has 7 nitrogen and oxygen atoms in total. The van der Waals surface area contributed by atoms with Gasteiger partial charge in [-0.15, -0.1) is 5.10 Å². The lowest BCUT2D eigenvalue weighted by molar-refractivity contribution is -0.127. The minimum atomic E-state index is -1.05. The fourth-order valence-electron chi connectivity index (χ4n) is 4.94. The van der Waals surface area contributed by atoms with Gasteiger partial charge < -0.3 is 5.32 Å². The van der Waals surface area contributed by atoms with Gasteiger partial charge in [0.15, 0.2) is 0 Å². The molecule has 4 aromatic rings. The van der Waals surface area contributed by atoms with Gasteiger partial charge in [-0.3, -0.25) is 14.5 Å². The summed E-state index contributed by atoms with van der Waals surface area (Å²) < 4.78 is 16.7. The Kier molecular flexibility index (Phi) is 6.75. The summed E-state index contributed by atoms with van der Waals surface area (Å²) in [5, 5.41) is 11.4. The maximum atomic E-state index is 15.2. The van der Waals surface area contributed by atoms with E-state index in [1.807, 2.05) is 55.5 Å². The molecule has 1 saturated carbocycles. The average Bonchev–Trinajstić information content (AvgIpc) is 3.54. The molecule has 0 bridgehead atoms. The Morgan fingerprint density at radius 1 is 1.03 bits per heavy atom. The Labute approximate surface area is 208 Å². The number of benzene rings is 3. The quantitative estimate of drug-likeness (QED) is 0.411. The molecule has 1 N–H and O–H groups in total. The lowest BCUT2D eigenvalue weighted by Crippen LogP contribution is -2.47. The van der Waals surface area contributed by atoms with Gasteiger partial charge in [0.05, 0.1) is 11.2 Å². The van der Waals surface area contributed by atoms with Crippen molar-refractivity contribution >= 4 is 28.5 Å². The van der Waals surface area contributed by atoms with Crippen LogP contribution < -0.4 is 10.2 Å². The molecule has 0 aliphatic heterocycles. The van der Waals surface area contributed by atoms with Crippen LogP contribution in [0.1, 0.15) is 42.9 Å². The predicted octanol–water partition coefficient (Wildman–Crippen LogP) is 4.71. The highest BCUT2D eigenvalue weighted by molar-refractivity contribution is 6.01.